The fourth-order valence-corrected chi connectivity index (χ4v) is 6.35. The zero-order valence-corrected chi connectivity index (χ0v) is 17.7. The molecule has 2 heterocycles. The van der Waals surface area contributed by atoms with Gasteiger partial charge in [0.15, 0.2) is 0 Å². The van der Waals surface area contributed by atoms with Crippen LogP contribution in [0, 0.1) is 22.7 Å². The van der Waals surface area contributed by atoms with Crippen molar-refractivity contribution in [3.63, 3.8) is 0 Å². The average Bonchev–Trinajstić information content (AvgIpc) is 3.43. The van der Waals surface area contributed by atoms with E-state index in [1.165, 1.54) is 4.90 Å². The van der Waals surface area contributed by atoms with Crippen LogP contribution in [0.1, 0.15) is 65.7 Å². The van der Waals surface area contributed by atoms with Crippen LogP contribution >= 0.6 is 0 Å². The van der Waals surface area contributed by atoms with E-state index >= 15 is 0 Å². The first kappa shape index (κ1) is 20.2. The van der Waals surface area contributed by atoms with Crippen LogP contribution in [0.15, 0.2) is 24.3 Å². The number of rotatable bonds is 5. The van der Waals surface area contributed by atoms with Crippen molar-refractivity contribution in [3.05, 3.63) is 35.4 Å². The summed E-state index contributed by atoms with van der Waals surface area (Å²) in [5, 5.41) is 12.7. The van der Waals surface area contributed by atoms with Gasteiger partial charge in [0.2, 0.25) is 5.91 Å². The first-order valence-electron chi connectivity index (χ1n) is 11.4. The number of nitrogens with zero attached hydrogens (tertiary/aromatic N) is 3. The van der Waals surface area contributed by atoms with Gasteiger partial charge in [-0.2, -0.15) is 5.26 Å². The Morgan fingerprint density at radius 1 is 1.13 bits per heavy atom. The first-order chi connectivity index (χ1) is 15.0. The van der Waals surface area contributed by atoms with Gasteiger partial charge in [0.05, 0.1) is 23.7 Å². The highest BCUT2D eigenvalue weighted by atomic mass is 16.2. The molecule has 1 saturated heterocycles. The monoisotopic (exact) mass is 420 g/mol. The van der Waals surface area contributed by atoms with Gasteiger partial charge in [0.1, 0.15) is 6.04 Å². The highest BCUT2D eigenvalue weighted by Gasteiger charge is 2.50. The number of hydrogen-bond acceptors (Lipinski definition) is 5. The van der Waals surface area contributed by atoms with Crippen molar-refractivity contribution in [3.8, 4) is 6.07 Å². The lowest BCUT2D eigenvalue weighted by molar-refractivity contribution is -0.130. The summed E-state index contributed by atoms with van der Waals surface area (Å²) >= 11 is 0. The molecule has 2 bridgehead atoms. The third-order valence-corrected chi connectivity index (χ3v) is 7.81. The third-order valence-electron chi connectivity index (χ3n) is 7.81. The highest BCUT2D eigenvalue weighted by Crippen LogP contribution is 2.52. The molecule has 2 saturated carbocycles. The molecule has 4 atom stereocenters. The van der Waals surface area contributed by atoms with Gasteiger partial charge < -0.3 is 10.2 Å². The van der Waals surface area contributed by atoms with Gasteiger partial charge in [-0.15, -0.1) is 0 Å². The highest BCUT2D eigenvalue weighted by molar-refractivity contribution is 6.21. The van der Waals surface area contributed by atoms with Crippen molar-refractivity contribution in [2.24, 2.45) is 11.3 Å². The van der Waals surface area contributed by atoms with E-state index in [1.54, 1.807) is 29.2 Å². The molecule has 0 radical (unpaired) electrons. The Kier molecular flexibility index (Phi) is 5.05. The van der Waals surface area contributed by atoms with Crippen LogP contribution in [-0.4, -0.2) is 59.2 Å². The third kappa shape index (κ3) is 3.43. The Balaban J connectivity index is 1.25. The van der Waals surface area contributed by atoms with Gasteiger partial charge in [0, 0.05) is 19.1 Å². The predicted octanol–water partition coefficient (Wildman–Crippen LogP) is 2.34. The van der Waals surface area contributed by atoms with Crippen molar-refractivity contribution in [1.29, 1.82) is 5.26 Å². The van der Waals surface area contributed by atoms with Crippen LogP contribution in [0.2, 0.25) is 0 Å². The van der Waals surface area contributed by atoms with Crippen LogP contribution < -0.4 is 5.32 Å². The van der Waals surface area contributed by atoms with Crippen molar-refractivity contribution < 1.29 is 14.4 Å². The summed E-state index contributed by atoms with van der Waals surface area (Å²) in [5.41, 5.74) is 0.944. The summed E-state index contributed by atoms with van der Waals surface area (Å²) < 4.78 is 0. The number of benzene rings is 1. The minimum atomic E-state index is -0.294. The van der Waals surface area contributed by atoms with Crippen molar-refractivity contribution >= 4 is 17.7 Å². The van der Waals surface area contributed by atoms with Crippen LogP contribution in [0.5, 0.6) is 0 Å². The topological polar surface area (TPSA) is 93.5 Å². The average molecular weight is 421 g/mol. The molecule has 7 heteroatoms. The molecule has 1 aromatic rings. The smallest absolute Gasteiger partial charge is 0.261 e. The fraction of sp³-hybridized carbons (Fsp3) is 0.583. The van der Waals surface area contributed by atoms with Crippen molar-refractivity contribution in [1.82, 2.24) is 15.1 Å². The van der Waals surface area contributed by atoms with E-state index in [0.29, 0.717) is 30.1 Å². The molecule has 1 N–H and O–H groups in total. The molecule has 3 fully saturated rings. The Hall–Kier alpha value is -2.72. The maximum atomic E-state index is 12.9. The van der Waals surface area contributed by atoms with Gasteiger partial charge in [0.25, 0.3) is 11.8 Å². The summed E-state index contributed by atoms with van der Waals surface area (Å²) in [6.45, 7) is 1.38. The van der Waals surface area contributed by atoms with Crippen LogP contribution in [0.25, 0.3) is 0 Å². The molecular formula is C24H28N4O3. The molecule has 31 heavy (non-hydrogen) atoms. The largest absolute Gasteiger partial charge is 0.326 e. The Bertz CT molecular complexity index is 935. The zero-order valence-electron chi connectivity index (χ0n) is 17.7. The molecule has 0 spiro atoms. The van der Waals surface area contributed by atoms with Gasteiger partial charge in [-0.05, 0) is 62.0 Å². The molecule has 4 aliphatic rings. The lowest BCUT2D eigenvalue weighted by Gasteiger charge is -2.35. The van der Waals surface area contributed by atoms with E-state index in [2.05, 4.69) is 11.4 Å². The molecule has 7 nitrogen and oxygen atoms in total. The maximum Gasteiger partial charge on any atom is 0.261 e. The van der Waals surface area contributed by atoms with Gasteiger partial charge in [-0.25, -0.2) is 0 Å². The van der Waals surface area contributed by atoms with E-state index in [4.69, 9.17) is 0 Å². The summed E-state index contributed by atoms with van der Waals surface area (Å²) in [5.74, 6) is 0.0995. The van der Waals surface area contributed by atoms with E-state index in [9.17, 15) is 19.6 Å². The maximum absolute atomic E-state index is 12.9. The Morgan fingerprint density at radius 2 is 1.87 bits per heavy atom. The van der Waals surface area contributed by atoms with Gasteiger partial charge >= 0.3 is 0 Å². The molecule has 3 unspecified atom stereocenters. The Morgan fingerprint density at radius 3 is 2.58 bits per heavy atom. The molecule has 3 amide bonds. The molecule has 1 aromatic carbocycles. The normalized spacial score (nSPS) is 31.8. The molecule has 2 aliphatic carbocycles. The molecule has 5 rings (SSSR count). The van der Waals surface area contributed by atoms with Gasteiger partial charge in [-0.1, -0.05) is 18.6 Å². The second-order valence-corrected chi connectivity index (χ2v) is 9.66. The summed E-state index contributed by atoms with van der Waals surface area (Å²) in [6.07, 6.45) is 6.71. The van der Waals surface area contributed by atoms with Crippen molar-refractivity contribution in [2.45, 2.75) is 57.0 Å². The second-order valence-electron chi connectivity index (χ2n) is 9.66. The molecule has 162 valence electrons. The second kappa shape index (κ2) is 7.76. The van der Waals surface area contributed by atoms with Crippen molar-refractivity contribution in [2.75, 3.05) is 19.6 Å². The number of carbonyl (C=O) groups excluding carboxylic acids is 3. The number of hydrogen-bond donors (Lipinski definition) is 1. The Labute approximate surface area is 182 Å². The fourth-order valence-electron chi connectivity index (χ4n) is 6.35. The number of carbonyl (C=O) groups is 3. The van der Waals surface area contributed by atoms with E-state index in [0.717, 1.165) is 44.9 Å². The van der Waals surface area contributed by atoms with Crippen LogP contribution in [0.3, 0.4) is 0 Å². The summed E-state index contributed by atoms with van der Waals surface area (Å²) in [6, 6.07) is 9.21. The number of fused-ring (bicyclic) bond motifs is 3. The van der Waals surface area contributed by atoms with Crippen LogP contribution in [0.4, 0.5) is 0 Å². The SMILES string of the molecule is N#C[C@@H]1CCCN1C(=O)CNC1CC2(CN3C(=O)c4ccccc4C3=O)CCCC1C2. The minimum absolute atomic E-state index is 0.0000972. The number of nitriles is 1. The molecular weight excluding hydrogens is 392 g/mol. The quantitative estimate of drug-likeness (QED) is 0.738. The minimum Gasteiger partial charge on any atom is -0.326 e. The lowest BCUT2D eigenvalue weighted by Crippen LogP contribution is -2.44. The van der Waals surface area contributed by atoms with Gasteiger partial charge in [-0.3, -0.25) is 19.3 Å². The van der Waals surface area contributed by atoms with E-state index < -0.39 is 0 Å². The summed E-state index contributed by atoms with van der Waals surface area (Å²) in [4.78, 5) is 41.5. The molecule has 0 aromatic heterocycles. The van der Waals surface area contributed by atoms with E-state index in [1.807, 2.05) is 0 Å². The standard InChI is InChI=1S/C24H28N4O3/c25-13-17-6-4-10-27(17)21(29)14-26-20-12-24(9-3-5-16(20)11-24)15-28-22(30)18-7-1-2-8-19(18)23(28)31/h1-2,7-8,16-17,20,26H,3-6,9-12,14-15H2/t16?,17-,20?,24?/m0/s1. The lowest BCUT2D eigenvalue weighted by atomic mass is 9.75. The summed E-state index contributed by atoms with van der Waals surface area (Å²) in [7, 11) is 0. The molecule has 2 aliphatic heterocycles. The number of imide groups is 1. The number of amides is 3. The van der Waals surface area contributed by atoms with Crippen LogP contribution in [-0.2, 0) is 4.79 Å². The first-order valence-corrected chi connectivity index (χ1v) is 11.4. The number of likely N-dealkylation sites (tertiary alicyclic amines) is 1. The zero-order chi connectivity index (χ0) is 21.6. The predicted molar refractivity (Wildman–Crippen MR) is 113 cm³/mol. The van der Waals surface area contributed by atoms with E-state index in [-0.39, 0.29) is 41.8 Å². The number of nitrogens with one attached hydrogen (secondary N) is 1.